The number of benzene rings is 2. The van der Waals surface area contributed by atoms with Gasteiger partial charge in [-0.25, -0.2) is 0 Å². The second-order valence-electron chi connectivity index (χ2n) is 7.38. The average Bonchev–Trinajstić information content (AvgIpc) is 2.86. The monoisotopic (exact) mass is 518 g/mol. The number of carbonyl (C=O) groups is 2. The number of carbonyl (C=O) groups excluding carboxylic acids is 2. The molecule has 1 aliphatic rings. The summed E-state index contributed by atoms with van der Waals surface area (Å²) in [5.74, 6) is -0.480. The van der Waals surface area contributed by atoms with Crippen LogP contribution in [-0.2, 0) is 15.8 Å². The van der Waals surface area contributed by atoms with Crippen molar-refractivity contribution in [3.8, 4) is 23.3 Å². The predicted octanol–water partition coefficient (Wildman–Crippen LogP) is 4.07. The number of amidine groups is 1. The first-order chi connectivity index (χ1) is 17.2. The zero-order valence-electron chi connectivity index (χ0n) is 19.3. The Balaban J connectivity index is 1.86. The number of methoxy groups -OCH3 is 1. The molecule has 0 spiro atoms. The highest BCUT2D eigenvalue weighted by Gasteiger charge is 2.35. The second-order valence-corrected chi connectivity index (χ2v) is 8.42. The number of ether oxygens (including phenoxy) is 2. The molecule has 0 atom stereocenters. The molecule has 0 radical (unpaired) electrons. The van der Waals surface area contributed by atoms with E-state index < -0.39 is 17.5 Å². The second kappa shape index (κ2) is 11.6. The Morgan fingerprint density at radius 3 is 2.58 bits per heavy atom. The Hall–Kier alpha value is -3.98. The average molecular weight is 519 g/mol. The Labute approximate surface area is 209 Å². The van der Waals surface area contributed by atoms with Crippen molar-refractivity contribution >= 4 is 35.2 Å². The Morgan fingerprint density at radius 1 is 1.22 bits per heavy atom. The van der Waals surface area contributed by atoms with Gasteiger partial charge in [0.05, 0.1) is 35.8 Å². The van der Waals surface area contributed by atoms with Crippen molar-refractivity contribution < 1.29 is 32.2 Å². The minimum absolute atomic E-state index is 0.0142. The number of nitrogens with zero attached hydrogens (tertiary/aromatic N) is 3. The summed E-state index contributed by atoms with van der Waals surface area (Å²) in [7, 11) is 2.89. The number of aliphatic imine (C=N–C) groups is 1. The molecule has 188 valence electrons. The number of amides is 1. The largest absolute Gasteiger partial charge is 0.493 e. The van der Waals surface area contributed by atoms with E-state index in [1.54, 1.807) is 30.2 Å². The van der Waals surface area contributed by atoms with Crippen molar-refractivity contribution in [1.82, 2.24) is 10.2 Å². The molecule has 12 heteroatoms. The molecule has 0 saturated carbocycles. The molecule has 1 saturated heterocycles. The lowest BCUT2D eigenvalue weighted by molar-refractivity contribution is -0.138. The molecule has 1 fully saturated rings. The molecule has 1 heterocycles. The third-order valence-electron chi connectivity index (χ3n) is 4.96. The lowest BCUT2D eigenvalue weighted by Gasteiger charge is -2.28. The number of rotatable bonds is 6. The number of aldehydes is 1. The number of allylic oxidation sites excluding steroid dienone is 1. The van der Waals surface area contributed by atoms with E-state index in [0.29, 0.717) is 41.1 Å². The smallest absolute Gasteiger partial charge is 0.420 e. The molecule has 1 aliphatic heterocycles. The maximum Gasteiger partial charge on any atom is 0.420 e. The molecule has 0 bridgehead atoms. The summed E-state index contributed by atoms with van der Waals surface area (Å²) in [5.41, 5.74) is -0.720. The normalized spacial score (nSPS) is 14.7. The number of alkyl halides is 3. The predicted molar refractivity (Wildman–Crippen MR) is 129 cm³/mol. The van der Waals surface area contributed by atoms with Crippen LogP contribution in [0.2, 0.25) is 0 Å². The zero-order valence-corrected chi connectivity index (χ0v) is 20.1. The zero-order chi connectivity index (χ0) is 26.3. The van der Waals surface area contributed by atoms with Crippen LogP contribution < -0.4 is 14.8 Å². The van der Waals surface area contributed by atoms with Crippen LogP contribution in [0, 0.1) is 11.3 Å². The Morgan fingerprint density at radius 2 is 1.97 bits per heavy atom. The third-order valence-corrected chi connectivity index (χ3v) is 6.03. The van der Waals surface area contributed by atoms with Gasteiger partial charge >= 0.3 is 6.18 Å². The standard InChI is InChI=1S/C24H21F3N4O4S/c1-29-23(31-8-7-30-22(33)13-31)36-17(14-32)9-15-3-6-20(21(11-15)34-2)35-19-5-4-16(12-28)10-18(19)24(25,26)27/h3-6,9-11,14H,7-8,13H2,1-2H3,(H,30,33)/b17-9-,29-23?. The van der Waals surface area contributed by atoms with Crippen LogP contribution in [-0.4, -0.2) is 56.1 Å². The van der Waals surface area contributed by atoms with E-state index >= 15 is 0 Å². The minimum atomic E-state index is -4.73. The van der Waals surface area contributed by atoms with E-state index in [2.05, 4.69) is 10.3 Å². The van der Waals surface area contributed by atoms with Crippen LogP contribution in [0.1, 0.15) is 16.7 Å². The fourth-order valence-electron chi connectivity index (χ4n) is 3.30. The summed E-state index contributed by atoms with van der Waals surface area (Å²) in [4.78, 5) is 29.6. The summed E-state index contributed by atoms with van der Waals surface area (Å²) in [5, 5.41) is 12.1. The van der Waals surface area contributed by atoms with Crippen LogP contribution in [0.3, 0.4) is 0 Å². The summed E-state index contributed by atoms with van der Waals surface area (Å²) in [6.07, 6.45) is -2.53. The van der Waals surface area contributed by atoms with E-state index in [9.17, 15) is 22.8 Å². The summed E-state index contributed by atoms with van der Waals surface area (Å²) < 4.78 is 51.3. The van der Waals surface area contributed by atoms with Crippen LogP contribution in [0.5, 0.6) is 17.2 Å². The Kier molecular flexibility index (Phi) is 8.60. The summed E-state index contributed by atoms with van der Waals surface area (Å²) in [6.45, 7) is 1.14. The molecule has 3 rings (SSSR count). The van der Waals surface area contributed by atoms with Gasteiger partial charge in [0.25, 0.3) is 0 Å². The highest BCUT2D eigenvalue weighted by Crippen LogP contribution is 2.41. The lowest BCUT2D eigenvalue weighted by Crippen LogP contribution is -2.49. The van der Waals surface area contributed by atoms with Crippen LogP contribution in [0.15, 0.2) is 46.3 Å². The van der Waals surface area contributed by atoms with Gasteiger partial charge in [-0.2, -0.15) is 18.4 Å². The van der Waals surface area contributed by atoms with Gasteiger partial charge in [0.2, 0.25) is 5.91 Å². The van der Waals surface area contributed by atoms with Crippen molar-refractivity contribution in [3.63, 3.8) is 0 Å². The van der Waals surface area contributed by atoms with Gasteiger partial charge < -0.3 is 19.7 Å². The number of hydrogen-bond donors (Lipinski definition) is 1. The highest BCUT2D eigenvalue weighted by molar-refractivity contribution is 8.17. The summed E-state index contributed by atoms with van der Waals surface area (Å²) in [6, 6.07) is 9.16. The van der Waals surface area contributed by atoms with Crippen molar-refractivity contribution in [2.75, 3.05) is 33.8 Å². The first kappa shape index (κ1) is 26.6. The molecule has 2 aromatic carbocycles. The maximum atomic E-state index is 13.5. The van der Waals surface area contributed by atoms with E-state index in [1.165, 1.54) is 25.3 Å². The number of piperazine rings is 1. The number of thioether (sulfide) groups is 1. The molecular weight excluding hydrogens is 497 g/mol. The van der Waals surface area contributed by atoms with E-state index in [4.69, 9.17) is 14.7 Å². The van der Waals surface area contributed by atoms with E-state index in [-0.39, 0.29) is 29.5 Å². The molecule has 2 aromatic rings. The molecule has 1 amide bonds. The van der Waals surface area contributed by atoms with Crippen LogP contribution >= 0.6 is 11.8 Å². The fourth-order valence-corrected chi connectivity index (χ4v) is 4.13. The van der Waals surface area contributed by atoms with Gasteiger partial charge in [-0.3, -0.25) is 14.6 Å². The highest BCUT2D eigenvalue weighted by atomic mass is 32.2. The van der Waals surface area contributed by atoms with Gasteiger partial charge in [0, 0.05) is 20.1 Å². The molecule has 0 aliphatic carbocycles. The lowest BCUT2D eigenvalue weighted by atomic mass is 10.1. The first-order valence-electron chi connectivity index (χ1n) is 10.5. The van der Waals surface area contributed by atoms with Gasteiger partial charge in [-0.05, 0) is 53.7 Å². The maximum absolute atomic E-state index is 13.5. The van der Waals surface area contributed by atoms with Gasteiger partial charge in [-0.15, -0.1) is 0 Å². The van der Waals surface area contributed by atoms with Gasteiger partial charge in [0.15, 0.2) is 23.0 Å². The van der Waals surface area contributed by atoms with Crippen molar-refractivity contribution in [2.45, 2.75) is 6.18 Å². The van der Waals surface area contributed by atoms with Crippen molar-refractivity contribution in [3.05, 3.63) is 58.0 Å². The van der Waals surface area contributed by atoms with Crippen molar-refractivity contribution in [2.24, 2.45) is 4.99 Å². The SMILES string of the molecule is CN=C(S/C(C=O)=C\c1ccc(Oc2ccc(C#N)cc2C(F)(F)F)c(OC)c1)N1CCNC(=O)C1. The minimum Gasteiger partial charge on any atom is -0.493 e. The number of hydrogen-bond acceptors (Lipinski definition) is 7. The van der Waals surface area contributed by atoms with E-state index in [1.807, 2.05) is 0 Å². The molecule has 36 heavy (non-hydrogen) atoms. The van der Waals surface area contributed by atoms with Crippen LogP contribution in [0.25, 0.3) is 6.08 Å². The third kappa shape index (κ3) is 6.57. The molecule has 8 nitrogen and oxygen atoms in total. The molecular formula is C24H21F3N4O4S. The Bertz CT molecular complexity index is 1250. The number of halogens is 3. The van der Waals surface area contributed by atoms with Crippen LogP contribution in [0.4, 0.5) is 13.2 Å². The number of nitrogens with one attached hydrogen (secondary N) is 1. The molecule has 0 unspecified atom stereocenters. The topological polar surface area (TPSA) is 104 Å². The van der Waals surface area contributed by atoms with E-state index in [0.717, 1.165) is 17.8 Å². The molecule has 0 aromatic heterocycles. The van der Waals surface area contributed by atoms with Crippen molar-refractivity contribution in [1.29, 1.82) is 5.26 Å². The van der Waals surface area contributed by atoms with Gasteiger partial charge in [0.1, 0.15) is 5.75 Å². The van der Waals surface area contributed by atoms with Gasteiger partial charge in [-0.1, -0.05) is 6.07 Å². The number of nitriles is 1. The fraction of sp³-hybridized carbons (Fsp3) is 0.250. The molecule has 1 N–H and O–H groups in total. The first-order valence-corrected chi connectivity index (χ1v) is 11.3. The quantitative estimate of drug-likeness (QED) is 0.266. The summed E-state index contributed by atoms with van der Waals surface area (Å²) >= 11 is 1.09.